The van der Waals surface area contributed by atoms with E-state index in [9.17, 15) is 17.6 Å². The zero-order chi connectivity index (χ0) is 21.0. The Morgan fingerprint density at radius 2 is 1.66 bits per heavy atom. The average Bonchev–Trinajstić information content (AvgIpc) is 2.70. The number of hydrogen-bond acceptors (Lipinski definition) is 3. The zero-order valence-electron chi connectivity index (χ0n) is 15.4. The molecule has 3 aromatic carbocycles. The average molecular weight is 433 g/mol. The molecular formula is C21H18ClFN2O3S. The van der Waals surface area contributed by atoms with Crippen molar-refractivity contribution >= 4 is 33.2 Å². The maximum atomic E-state index is 14.5. The third-order valence-corrected chi connectivity index (χ3v) is 6.12. The maximum Gasteiger partial charge on any atom is 0.257 e. The van der Waals surface area contributed by atoms with Crippen LogP contribution in [0.2, 0.25) is 5.02 Å². The van der Waals surface area contributed by atoms with Gasteiger partial charge in [-0.15, -0.1) is 0 Å². The molecule has 3 aromatic rings. The van der Waals surface area contributed by atoms with E-state index in [1.54, 1.807) is 49.4 Å². The largest absolute Gasteiger partial charge is 0.319 e. The molecule has 1 amide bonds. The molecule has 0 bridgehead atoms. The molecule has 0 aliphatic heterocycles. The van der Waals surface area contributed by atoms with Crippen LogP contribution in [0, 0.1) is 5.82 Å². The van der Waals surface area contributed by atoms with Gasteiger partial charge in [0.05, 0.1) is 21.2 Å². The lowest BCUT2D eigenvalue weighted by Crippen LogP contribution is -2.27. The number of hydrogen-bond donors (Lipinski definition) is 2. The van der Waals surface area contributed by atoms with E-state index in [4.69, 9.17) is 11.6 Å². The van der Waals surface area contributed by atoms with Crippen LogP contribution >= 0.6 is 11.6 Å². The fraction of sp³-hybridized carbons (Fsp3) is 0.0952. The molecule has 0 spiro atoms. The summed E-state index contributed by atoms with van der Waals surface area (Å²) in [6.07, 6.45) is 0. The third-order valence-electron chi connectivity index (χ3n) is 4.25. The summed E-state index contributed by atoms with van der Waals surface area (Å²) in [5.74, 6) is -1.47. The predicted molar refractivity (Wildman–Crippen MR) is 111 cm³/mol. The summed E-state index contributed by atoms with van der Waals surface area (Å²) >= 11 is 5.97. The van der Waals surface area contributed by atoms with Crippen molar-refractivity contribution in [2.24, 2.45) is 0 Å². The van der Waals surface area contributed by atoms with Gasteiger partial charge in [0, 0.05) is 6.04 Å². The second-order valence-corrected chi connectivity index (χ2v) is 8.45. The standard InChI is InChI=1S/C21H18ClFN2O3S/c1-14(15-7-3-2-4-8-15)25-29(27,28)16-11-12-20(19(23)13-16)24-21(26)17-9-5-6-10-18(17)22/h2-14,25H,1H3,(H,24,26)/t14-/m0/s1. The molecule has 0 aliphatic carbocycles. The minimum atomic E-state index is -3.96. The van der Waals surface area contributed by atoms with Crippen molar-refractivity contribution in [3.8, 4) is 0 Å². The van der Waals surface area contributed by atoms with E-state index in [0.717, 1.165) is 11.6 Å². The van der Waals surface area contributed by atoms with E-state index in [0.29, 0.717) is 0 Å². The molecule has 0 saturated heterocycles. The molecule has 29 heavy (non-hydrogen) atoms. The van der Waals surface area contributed by atoms with Crippen molar-refractivity contribution in [1.82, 2.24) is 4.72 Å². The fourth-order valence-electron chi connectivity index (χ4n) is 2.71. The van der Waals surface area contributed by atoms with Gasteiger partial charge in [-0.05, 0) is 42.8 Å². The highest BCUT2D eigenvalue weighted by molar-refractivity contribution is 7.89. The van der Waals surface area contributed by atoms with E-state index in [1.807, 2.05) is 6.07 Å². The minimum absolute atomic E-state index is 0.148. The van der Waals surface area contributed by atoms with Gasteiger partial charge in [-0.1, -0.05) is 54.1 Å². The number of carbonyl (C=O) groups excluding carboxylic acids is 1. The van der Waals surface area contributed by atoms with Gasteiger partial charge in [0.15, 0.2) is 0 Å². The molecule has 2 N–H and O–H groups in total. The van der Waals surface area contributed by atoms with Crippen LogP contribution in [0.4, 0.5) is 10.1 Å². The second-order valence-electron chi connectivity index (χ2n) is 6.33. The van der Waals surface area contributed by atoms with E-state index < -0.39 is 27.8 Å². The van der Waals surface area contributed by atoms with Crippen LogP contribution in [-0.4, -0.2) is 14.3 Å². The Morgan fingerprint density at radius 1 is 1.00 bits per heavy atom. The smallest absolute Gasteiger partial charge is 0.257 e. The number of sulfonamides is 1. The van der Waals surface area contributed by atoms with Gasteiger partial charge in [0.1, 0.15) is 5.82 Å². The van der Waals surface area contributed by atoms with Gasteiger partial charge >= 0.3 is 0 Å². The summed E-state index contributed by atoms with van der Waals surface area (Å²) in [6.45, 7) is 1.70. The van der Waals surface area contributed by atoms with Crippen molar-refractivity contribution in [1.29, 1.82) is 0 Å². The van der Waals surface area contributed by atoms with Crippen molar-refractivity contribution in [2.75, 3.05) is 5.32 Å². The van der Waals surface area contributed by atoms with Gasteiger partial charge in [0.2, 0.25) is 10.0 Å². The Balaban J connectivity index is 1.78. The number of amides is 1. The molecule has 0 aliphatic rings. The first-order valence-electron chi connectivity index (χ1n) is 8.70. The van der Waals surface area contributed by atoms with Crippen LogP contribution in [0.3, 0.4) is 0 Å². The van der Waals surface area contributed by atoms with E-state index in [-0.39, 0.29) is 21.2 Å². The van der Waals surface area contributed by atoms with Crippen LogP contribution in [0.15, 0.2) is 77.7 Å². The Labute approximate surface area is 173 Å². The van der Waals surface area contributed by atoms with Crippen LogP contribution in [0.1, 0.15) is 28.9 Å². The lowest BCUT2D eigenvalue weighted by atomic mass is 10.1. The van der Waals surface area contributed by atoms with Gasteiger partial charge < -0.3 is 5.32 Å². The Morgan fingerprint density at radius 3 is 2.31 bits per heavy atom. The van der Waals surface area contributed by atoms with Crippen LogP contribution in [-0.2, 0) is 10.0 Å². The summed E-state index contributed by atoms with van der Waals surface area (Å²) in [4.78, 5) is 12.0. The van der Waals surface area contributed by atoms with Crippen molar-refractivity contribution in [3.05, 3.63) is 94.8 Å². The highest BCUT2D eigenvalue weighted by Gasteiger charge is 2.20. The predicted octanol–water partition coefficient (Wildman–Crippen LogP) is 4.77. The van der Waals surface area contributed by atoms with Crippen molar-refractivity contribution in [3.63, 3.8) is 0 Å². The summed E-state index contributed by atoms with van der Waals surface area (Å²) in [7, 11) is -3.96. The van der Waals surface area contributed by atoms with Crippen LogP contribution in [0.5, 0.6) is 0 Å². The van der Waals surface area contributed by atoms with Gasteiger partial charge in [-0.2, -0.15) is 0 Å². The van der Waals surface area contributed by atoms with Crippen molar-refractivity contribution in [2.45, 2.75) is 17.9 Å². The lowest BCUT2D eigenvalue weighted by molar-refractivity contribution is 0.102. The first-order chi connectivity index (χ1) is 13.8. The molecule has 0 unspecified atom stereocenters. The number of benzene rings is 3. The minimum Gasteiger partial charge on any atom is -0.319 e. The zero-order valence-corrected chi connectivity index (χ0v) is 17.0. The van der Waals surface area contributed by atoms with E-state index in [2.05, 4.69) is 10.0 Å². The SMILES string of the molecule is C[C@H](NS(=O)(=O)c1ccc(NC(=O)c2ccccc2Cl)c(F)c1)c1ccccc1. The lowest BCUT2D eigenvalue weighted by Gasteiger charge is -2.15. The summed E-state index contributed by atoms with van der Waals surface area (Å²) in [5, 5.41) is 2.62. The molecule has 3 rings (SSSR count). The fourth-order valence-corrected chi connectivity index (χ4v) is 4.17. The Kier molecular flexibility index (Phi) is 6.32. The highest BCUT2D eigenvalue weighted by Crippen LogP contribution is 2.23. The monoisotopic (exact) mass is 432 g/mol. The van der Waals surface area contributed by atoms with Gasteiger partial charge in [-0.3, -0.25) is 4.79 Å². The molecule has 0 fully saturated rings. The second kappa shape index (κ2) is 8.73. The Bertz CT molecular complexity index is 1140. The first kappa shape index (κ1) is 21.0. The summed E-state index contributed by atoms with van der Waals surface area (Å²) in [6, 6.07) is 18.2. The molecule has 1 atom stereocenters. The van der Waals surface area contributed by atoms with Gasteiger partial charge in [-0.25, -0.2) is 17.5 Å². The number of nitrogens with one attached hydrogen (secondary N) is 2. The molecule has 150 valence electrons. The molecule has 0 radical (unpaired) electrons. The molecule has 5 nitrogen and oxygen atoms in total. The van der Waals surface area contributed by atoms with Crippen molar-refractivity contribution < 1.29 is 17.6 Å². The number of anilines is 1. The number of carbonyl (C=O) groups is 1. The molecule has 0 heterocycles. The molecule has 0 aromatic heterocycles. The normalized spacial score (nSPS) is 12.4. The summed E-state index contributed by atoms with van der Waals surface area (Å²) in [5.41, 5.74) is 0.814. The molecule has 0 saturated carbocycles. The van der Waals surface area contributed by atoms with Gasteiger partial charge in [0.25, 0.3) is 5.91 Å². The quantitative estimate of drug-likeness (QED) is 0.589. The molecular weight excluding hydrogens is 415 g/mol. The van der Waals surface area contributed by atoms with Crippen LogP contribution < -0.4 is 10.0 Å². The van der Waals surface area contributed by atoms with Crippen LogP contribution in [0.25, 0.3) is 0 Å². The molecule has 8 heteroatoms. The number of halogens is 2. The third kappa shape index (κ3) is 5.00. The topological polar surface area (TPSA) is 75.3 Å². The highest BCUT2D eigenvalue weighted by atomic mass is 35.5. The van der Waals surface area contributed by atoms with E-state index >= 15 is 0 Å². The Hall–Kier alpha value is -2.74. The number of rotatable bonds is 6. The summed E-state index contributed by atoms with van der Waals surface area (Å²) < 4.78 is 42.2. The first-order valence-corrected chi connectivity index (χ1v) is 10.6. The maximum absolute atomic E-state index is 14.5. The van der Waals surface area contributed by atoms with E-state index in [1.165, 1.54) is 18.2 Å².